The smallest absolute Gasteiger partial charge is 0.187 e. The van der Waals surface area contributed by atoms with Gasteiger partial charge in [-0.2, -0.15) is 0 Å². The number of piperidine rings is 1. The van der Waals surface area contributed by atoms with Gasteiger partial charge in [0.15, 0.2) is 8.32 Å². The Morgan fingerprint density at radius 2 is 1.93 bits per heavy atom. The summed E-state index contributed by atoms with van der Waals surface area (Å²) in [5.74, 6) is 4.12. The van der Waals surface area contributed by atoms with Gasteiger partial charge in [-0.1, -0.05) is 46.6 Å². The summed E-state index contributed by atoms with van der Waals surface area (Å²) in [6.07, 6.45) is 14.1. The summed E-state index contributed by atoms with van der Waals surface area (Å²) in [5, 5.41) is 3.81. The van der Waals surface area contributed by atoms with Crippen molar-refractivity contribution >= 4 is 8.32 Å². The zero-order chi connectivity index (χ0) is 21.7. The summed E-state index contributed by atoms with van der Waals surface area (Å²) in [6.45, 7) is 18.6. The maximum absolute atomic E-state index is 6.92. The first kappa shape index (κ1) is 22.9. The molecule has 1 N–H and O–H groups in total. The minimum atomic E-state index is -1.55. The van der Waals surface area contributed by atoms with Crippen molar-refractivity contribution in [3.8, 4) is 0 Å². The van der Waals surface area contributed by atoms with E-state index < -0.39 is 8.32 Å². The number of hydrogen-bond donors (Lipinski definition) is 1. The van der Waals surface area contributed by atoms with Gasteiger partial charge in [0.2, 0.25) is 0 Å². The molecule has 1 saturated heterocycles. The topological polar surface area (TPSA) is 21.3 Å². The molecule has 2 saturated carbocycles. The van der Waals surface area contributed by atoms with E-state index in [1.165, 1.54) is 64.0 Å². The first-order valence-electron chi connectivity index (χ1n) is 13.3. The molecular formula is C27H49NOSi. The number of fused-ring (bicyclic) bond motifs is 5. The predicted molar refractivity (Wildman–Crippen MR) is 131 cm³/mol. The third kappa shape index (κ3) is 3.74. The molecule has 0 aromatic rings. The standard InChI is InChI=1S/C27H49NOSi/c1-8-9-17-30(6,7)29-20(3)21-11-12-22-25-19(2)18-24-27(5,14-10-16-28-24)23(25)13-15-26(21,22)4/h18-23,25,28H,8-17H2,1-7H3/t19-,20?,21+,22-,23-,25-,26+,27+/m0/s1. The Bertz CT molecular complexity index is 659. The van der Waals surface area contributed by atoms with Gasteiger partial charge in [0.25, 0.3) is 0 Å². The summed E-state index contributed by atoms with van der Waals surface area (Å²) < 4.78 is 6.92. The maximum Gasteiger partial charge on any atom is 0.187 e. The Morgan fingerprint density at radius 1 is 1.17 bits per heavy atom. The molecule has 0 amide bonds. The van der Waals surface area contributed by atoms with Crippen LogP contribution in [0.25, 0.3) is 0 Å². The van der Waals surface area contributed by atoms with Crippen molar-refractivity contribution in [2.75, 3.05) is 6.54 Å². The van der Waals surface area contributed by atoms with E-state index in [1.54, 1.807) is 5.70 Å². The Hall–Kier alpha value is -0.283. The summed E-state index contributed by atoms with van der Waals surface area (Å²) in [6, 6.07) is 1.32. The molecule has 4 rings (SSSR count). The number of nitrogens with one attached hydrogen (secondary N) is 1. The molecule has 1 unspecified atom stereocenters. The van der Waals surface area contributed by atoms with E-state index in [-0.39, 0.29) is 0 Å². The molecule has 0 bridgehead atoms. The molecule has 172 valence electrons. The second kappa shape index (κ2) is 8.25. The first-order valence-corrected chi connectivity index (χ1v) is 16.4. The van der Waals surface area contributed by atoms with E-state index >= 15 is 0 Å². The van der Waals surface area contributed by atoms with Crippen molar-refractivity contribution in [1.82, 2.24) is 5.32 Å². The highest BCUT2D eigenvalue weighted by Crippen LogP contribution is 2.66. The molecule has 0 spiro atoms. The quantitative estimate of drug-likeness (QED) is 0.443. The van der Waals surface area contributed by atoms with Gasteiger partial charge in [0.1, 0.15) is 0 Å². The van der Waals surface area contributed by atoms with Crippen molar-refractivity contribution in [3.63, 3.8) is 0 Å². The maximum atomic E-state index is 6.92. The Morgan fingerprint density at radius 3 is 2.67 bits per heavy atom. The molecule has 30 heavy (non-hydrogen) atoms. The molecule has 1 aliphatic heterocycles. The Kier molecular flexibility index (Phi) is 6.29. The van der Waals surface area contributed by atoms with E-state index in [0.717, 1.165) is 29.6 Å². The van der Waals surface area contributed by atoms with Crippen LogP contribution in [0.1, 0.15) is 86.0 Å². The van der Waals surface area contributed by atoms with Gasteiger partial charge in [-0.05, 0) is 99.6 Å². The van der Waals surface area contributed by atoms with Gasteiger partial charge < -0.3 is 9.74 Å². The van der Waals surface area contributed by atoms with Crippen molar-refractivity contribution in [3.05, 3.63) is 11.8 Å². The fraction of sp³-hybridized carbons (Fsp3) is 0.926. The highest BCUT2D eigenvalue weighted by Gasteiger charge is 2.60. The molecule has 3 aliphatic carbocycles. The van der Waals surface area contributed by atoms with E-state index in [4.69, 9.17) is 4.43 Å². The van der Waals surface area contributed by atoms with Crippen LogP contribution in [-0.2, 0) is 4.43 Å². The van der Waals surface area contributed by atoms with Crippen LogP contribution in [0.5, 0.6) is 0 Å². The summed E-state index contributed by atoms with van der Waals surface area (Å²) in [7, 11) is -1.55. The lowest BCUT2D eigenvalue weighted by molar-refractivity contribution is -0.0750. The molecular weight excluding hydrogens is 382 g/mol. The first-order chi connectivity index (χ1) is 14.1. The number of rotatable bonds is 6. The van der Waals surface area contributed by atoms with Crippen LogP contribution in [0.15, 0.2) is 11.8 Å². The normalized spacial score (nSPS) is 44.4. The molecule has 1 heterocycles. The molecule has 3 heteroatoms. The Labute approximate surface area is 188 Å². The second-order valence-electron chi connectivity index (χ2n) is 12.6. The summed E-state index contributed by atoms with van der Waals surface area (Å²) >= 11 is 0. The lowest BCUT2D eigenvalue weighted by Crippen LogP contribution is -2.55. The molecule has 0 radical (unpaired) electrons. The van der Waals surface area contributed by atoms with Crippen LogP contribution in [0.3, 0.4) is 0 Å². The fourth-order valence-electron chi connectivity index (χ4n) is 8.75. The van der Waals surface area contributed by atoms with Gasteiger partial charge in [0, 0.05) is 23.8 Å². The van der Waals surface area contributed by atoms with Crippen LogP contribution in [0.4, 0.5) is 0 Å². The lowest BCUT2D eigenvalue weighted by atomic mass is 9.47. The van der Waals surface area contributed by atoms with Crippen molar-refractivity contribution in [2.45, 2.75) is 111 Å². The average Bonchev–Trinajstić information content (AvgIpc) is 3.04. The predicted octanol–water partition coefficient (Wildman–Crippen LogP) is 7.38. The largest absolute Gasteiger partial charge is 0.414 e. The van der Waals surface area contributed by atoms with Gasteiger partial charge in [-0.25, -0.2) is 0 Å². The van der Waals surface area contributed by atoms with E-state index in [1.807, 2.05) is 0 Å². The second-order valence-corrected chi connectivity index (χ2v) is 16.8. The zero-order valence-electron chi connectivity index (χ0n) is 21.0. The third-order valence-electron chi connectivity index (χ3n) is 10.3. The highest BCUT2D eigenvalue weighted by molar-refractivity contribution is 6.71. The number of unbranched alkanes of at least 4 members (excludes halogenated alkanes) is 1. The molecule has 8 atom stereocenters. The van der Waals surface area contributed by atoms with Gasteiger partial charge in [-0.3, -0.25) is 0 Å². The number of hydrogen-bond acceptors (Lipinski definition) is 2. The lowest BCUT2D eigenvalue weighted by Gasteiger charge is -2.59. The minimum absolute atomic E-state index is 0.409. The highest BCUT2D eigenvalue weighted by atomic mass is 28.4. The molecule has 2 nitrogen and oxygen atoms in total. The van der Waals surface area contributed by atoms with Gasteiger partial charge in [-0.15, -0.1) is 0 Å². The van der Waals surface area contributed by atoms with Crippen LogP contribution in [0, 0.1) is 40.4 Å². The van der Waals surface area contributed by atoms with Gasteiger partial charge >= 0.3 is 0 Å². The van der Waals surface area contributed by atoms with Crippen LogP contribution < -0.4 is 5.32 Å². The van der Waals surface area contributed by atoms with Crippen LogP contribution in [-0.4, -0.2) is 21.0 Å². The van der Waals surface area contributed by atoms with Gasteiger partial charge in [0.05, 0.1) is 0 Å². The van der Waals surface area contributed by atoms with Crippen LogP contribution >= 0.6 is 0 Å². The monoisotopic (exact) mass is 431 g/mol. The fourth-order valence-corrected chi connectivity index (χ4v) is 11.2. The van der Waals surface area contributed by atoms with Crippen molar-refractivity contribution < 1.29 is 4.43 Å². The summed E-state index contributed by atoms with van der Waals surface area (Å²) in [5.41, 5.74) is 2.49. The Balaban J connectivity index is 1.54. The van der Waals surface area contributed by atoms with Crippen LogP contribution in [0.2, 0.25) is 19.1 Å². The van der Waals surface area contributed by atoms with E-state index in [9.17, 15) is 0 Å². The van der Waals surface area contributed by atoms with E-state index in [2.05, 4.69) is 59.1 Å². The minimum Gasteiger partial charge on any atom is -0.414 e. The van der Waals surface area contributed by atoms with E-state index in [0.29, 0.717) is 16.9 Å². The van der Waals surface area contributed by atoms with Crippen molar-refractivity contribution in [1.29, 1.82) is 0 Å². The molecule has 4 aliphatic rings. The third-order valence-corrected chi connectivity index (χ3v) is 12.8. The summed E-state index contributed by atoms with van der Waals surface area (Å²) in [4.78, 5) is 0. The molecule has 3 fully saturated rings. The number of allylic oxidation sites excluding steroid dienone is 2. The SMILES string of the molecule is CCCC[Si](C)(C)OC(C)[C@H]1CC[C@H]2[C@@H]3[C@@H](C)C=C4NCCC[C@]4(C)[C@H]3CC[C@]12C. The van der Waals surface area contributed by atoms with Crippen molar-refractivity contribution in [2.24, 2.45) is 40.4 Å². The average molecular weight is 432 g/mol. The molecule has 0 aromatic carbocycles. The molecule has 0 aromatic heterocycles. The zero-order valence-corrected chi connectivity index (χ0v) is 22.0.